The number of nitrogens with zero attached hydrogens (tertiary/aromatic N) is 1. The minimum Gasteiger partial charge on any atom is -0.357 e. The highest BCUT2D eigenvalue weighted by molar-refractivity contribution is 14.0. The molecule has 0 heterocycles. The first-order chi connectivity index (χ1) is 9.51. The molecule has 0 aliphatic rings. The van der Waals surface area contributed by atoms with Crippen LogP contribution in [0.5, 0.6) is 0 Å². The summed E-state index contributed by atoms with van der Waals surface area (Å²) in [6.07, 6.45) is 1.83. The van der Waals surface area contributed by atoms with E-state index in [1.54, 1.807) is 0 Å². The van der Waals surface area contributed by atoms with Gasteiger partial charge in [0.1, 0.15) is 9.84 Å². The molecule has 0 atom stereocenters. The quantitative estimate of drug-likeness (QED) is 0.303. The number of hydrogen-bond acceptors (Lipinski definition) is 3. The van der Waals surface area contributed by atoms with Crippen molar-refractivity contribution in [2.45, 2.75) is 19.9 Å². The van der Waals surface area contributed by atoms with Gasteiger partial charge in [-0.2, -0.15) is 0 Å². The summed E-state index contributed by atoms with van der Waals surface area (Å²) >= 11 is 0. The molecular formula is C14H24IN3O2S. The molecule has 0 radical (unpaired) electrons. The maximum Gasteiger partial charge on any atom is 0.191 e. The fraction of sp³-hybridized carbons (Fsp3) is 0.500. The predicted octanol–water partition coefficient (Wildman–Crippen LogP) is 1.79. The third-order valence-electron chi connectivity index (χ3n) is 2.59. The lowest BCUT2D eigenvalue weighted by Gasteiger charge is -2.11. The molecule has 1 aromatic rings. The summed E-state index contributed by atoms with van der Waals surface area (Å²) in [4.78, 5) is 4.46. The van der Waals surface area contributed by atoms with Crippen LogP contribution in [0.2, 0.25) is 0 Å². The Hall–Kier alpha value is -0.830. The molecule has 0 saturated carbocycles. The Morgan fingerprint density at radius 3 is 2.43 bits per heavy atom. The largest absolute Gasteiger partial charge is 0.357 e. The van der Waals surface area contributed by atoms with Crippen LogP contribution in [0.3, 0.4) is 0 Å². The van der Waals surface area contributed by atoms with Crippen LogP contribution in [-0.2, 0) is 16.4 Å². The predicted molar refractivity (Wildman–Crippen MR) is 99.0 cm³/mol. The van der Waals surface area contributed by atoms with Gasteiger partial charge in [-0.3, -0.25) is 0 Å². The van der Waals surface area contributed by atoms with Gasteiger partial charge in [-0.05, 0) is 18.9 Å². The van der Waals surface area contributed by atoms with E-state index in [0.29, 0.717) is 25.5 Å². The van der Waals surface area contributed by atoms with Gasteiger partial charge in [0.05, 0.1) is 12.3 Å². The van der Waals surface area contributed by atoms with E-state index < -0.39 is 9.84 Å². The van der Waals surface area contributed by atoms with Crippen LogP contribution >= 0.6 is 24.0 Å². The van der Waals surface area contributed by atoms with E-state index in [2.05, 4.69) is 15.6 Å². The van der Waals surface area contributed by atoms with Gasteiger partial charge < -0.3 is 10.6 Å². The molecule has 1 aromatic carbocycles. The van der Waals surface area contributed by atoms with E-state index in [1.165, 1.54) is 6.26 Å². The highest BCUT2D eigenvalue weighted by atomic mass is 127. The Balaban J connectivity index is 0.00000400. The topological polar surface area (TPSA) is 70.6 Å². The number of guanidine groups is 1. The lowest BCUT2D eigenvalue weighted by molar-refractivity contribution is 0.598. The number of halogens is 1. The van der Waals surface area contributed by atoms with Crippen LogP contribution in [-0.4, -0.2) is 39.5 Å². The summed E-state index contributed by atoms with van der Waals surface area (Å²) in [5.41, 5.74) is 1.14. The van der Waals surface area contributed by atoms with Gasteiger partial charge in [-0.1, -0.05) is 30.3 Å². The van der Waals surface area contributed by atoms with Crippen molar-refractivity contribution in [1.29, 1.82) is 0 Å². The summed E-state index contributed by atoms with van der Waals surface area (Å²) in [6, 6.07) is 9.99. The molecule has 21 heavy (non-hydrogen) atoms. The van der Waals surface area contributed by atoms with Crippen molar-refractivity contribution in [2.75, 3.05) is 25.1 Å². The first-order valence-corrected chi connectivity index (χ1v) is 8.81. The molecule has 0 spiro atoms. The van der Waals surface area contributed by atoms with E-state index in [1.807, 2.05) is 37.3 Å². The van der Waals surface area contributed by atoms with Gasteiger partial charge in [0.15, 0.2) is 5.96 Å². The first-order valence-electron chi connectivity index (χ1n) is 6.75. The summed E-state index contributed by atoms with van der Waals surface area (Å²) in [7, 11) is -2.89. The van der Waals surface area contributed by atoms with Crippen LogP contribution in [0.15, 0.2) is 35.3 Å². The molecule has 0 amide bonds. The van der Waals surface area contributed by atoms with Crippen molar-refractivity contribution < 1.29 is 8.42 Å². The molecule has 0 aliphatic carbocycles. The summed E-state index contributed by atoms with van der Waals surface area (Å²) < 4.78 is 22.1. The van der Waals surface area contributed by atoms with E-state index in [-0.39, 0.29) is 29.7 Å². The van der Waals surface area contributed by atoms with Crippen LogP contribution in [0.25, 0.3) is 0 Å². The average Bonchev–Trinajstić information content (AvgIpc) is 2.41. The van der Waals surface area contributed by atoms with Gasteiger partial charge in [0, 0.05) is 19.3 Å². The van der Waals surface area contributed by atoms with Crippen molar-refractivity contribution >= 4 is 39.8 Å². The van der Waals surface area contributed by atoms with Crippen molar-refractivity contribution in [3.05, 3.63) is 35.9 Å². The molecule has 0 bridgehead atoms. The van der Waals surface area contributed by atoms with Crippen molar-refractivity contribution in [3.8, 4) is 0 Å². The Labute approximate surface area is 144 Å². The number of nitrogens with one attached hydrogen (secondary N) is 2. The second-order valence-electron chi connectivity index (χ2n) is 4.59. The van der Waals surface area contributed by atoms with Crippen molar-refractivity contribution in [2.24, 2.45) is 4.99 Å². The van der Waals surface area contributed by atoms with Crippen molar-refractivity contribution in [3.63, 3.8) is 0 Å². The van der Waals surface area contributed by atoms with Gasteiger partial charge in [0.25, 0.3) is 0 Å². The van der Waals surface area contributed by atoms with Crippen LogP contribution in [0, 0.1) is 0 Å². The third-order valence-corrected chi connectivity index (χ3v) is 3.62. The molecule has 2 N–H and O–H groups in total. The molecular weight excluding hydrogens is 401 g/mol. The van der Waals surface area contributed by atoms with Crippen molar-refractivity contribution in [1.82, 2.24) is 10.6 Å². The van der Waals surface area contributed by atoms with Crippen LogP contribution in [0.4, 0.5) is 0 Å². The highest BCUT2D eigenvalue weighted by Gasteiger charge is 2.02. The van der Waals surface area contributed by atoms with E-state index in [0.717, 1.165) is 12.1 Å². The molecule has 0 saturated heterocycles. The third kappa shape index (κ3) is 10.5. The fourth-order valence-electron chi connectivity index (χ4n) is 1.64. The van der Waals surface area contributed by atoms with Gasteiger partial charge in [-0.15, -0.1) is 24.0 Å². The fourth-order valence-corrected chi connectivity index (χ4v) is 2.31. The average molecular weight is 425 g/mol. The molecule has 1 rings (SSSR count). The van der Waals surface area contributed by atoms with Crippen LogP contribution < -0.4 is 10.6 Å². The maximum absolute atomic E-state index is 11.0. The van der Waals surface area contributed by atoms with E-state index in [4.69, 9.17) is 0 Å². The molecule has 0 unspecified atom stereocenters. The monoisotopic (exact) mass is 425 g/mol. The summed E-state index contributed by atoms with van der Waals surface area (Å²) in [6.45, 7) is 3.96. The zero-order valence-corrected chi connectivity index (χ0v) is 15.6. The highest BCUT2D eigenvalue weighted by Crippen LogP contribution is 1.99. The van der Waals surface area contributed by atoms with Crippen LogP contribution in [0.1, 0.15) is 18.9 Å². The SMILES string of the molecule is CCNC(=NCc1ccccc1)NCCCS(C)(=O)=O.I. The number of rotatable bonds is 7. The minimum absolute atomic E-state index is 0. The van der Waals surface area contributed by atoms with Gasteiger partial charge in [-0.25, -0.2) is 13.4 Å². The Kier molecular flexibility index (Phi) is 10.4. The molecule has 0 aliphatic heterocycles. The second-order valence-corrected chi connectivity index (χ2v) is 6.85. The summed E-state index contributed by atoms with van der Waals surface area (Å²) in [5.74, 6) is 0.905. The number of benzene rings is 1. The Morgan fingerprint density at radius 1 is 1.19 bits per heavy atom. The lowest BCUT2D eigenvalue weighted by atomic mass is 10.2. The zero-order valence-electron chi connectivity index (χ0n) is 12.5. The molecule has 120 valence electrons. The second kappa shape index (κ2) is 10.8. The van der Waals surface area contributed by atoms with Gasteiger partial charge >= 0.3 is 0 Å². The molecule has 0 aromatic heterocycles. The maximum atomic E-state index is 11.0. The number of aliphatic imine (C=N–C) groups is 1. The minimum atomic E-state index is -2.89. The smallest absolute Gasteiger partial charge is 0.191 e. The van der Waals surface area contributed by atoms with E-state index in [9.17, 15) is 8.42 Å². The molecule has 7 heteroatoms. The van der Waals surface area contributed by atoms with E-state index >= 15 is 0 Å². The zero-order chi connectivity index (χ0) is 14.8. The lowest BCUT2D eigenvalue weighted by Crippen LogP contribution is -2.38. The Bertz CT molecular complexity index is 518. The number of hydrogen-bond donors (Lipinski definition) is 2. The Morgan fingerprint density at radius 2 is 1.86 bits per heavy atom. The standard InChI is InChI=1S/C14H23N3O2S.HI/c1-3-15-14(16-10-7-11-20(2,18)19)17-12-13-8-5-4-6-9-13;/h4-6,8-9H,3,7,10-12H2,1-2H3,(H2,15,16,17);1H. The first kappa shape index (κ1) is 20.2. The number of sulfone groups is 1. The summed E-state index contributed by atoms with van der Waals surface area (Å²) in [5, 5.41) is 6.28. The van der Waals surface area contributed by atoms with Gasteiger partial charge in [0.2, 0.25) is 0 Å². The normalized spacial score (nSPS) is 11.6. The molecule has 5 nitrogen and oxygen atoms in total. The molecule has 0 fully saturated rings.